The van der Waals surface area contributed by atoms with Gasteiger partial charge in [-0.05, 0) is 103 Å². The second-order valence-corrected chi connectivity index (χ2v) is 26.9. The molecular formula is C76H134O19. The Hall–Kier alpha value is -4.36. The first-order chi connectivity index (χ1) is 45.7. The zero-order valence-corrected chi connectivity index (χ0v) is 62.2. The predicted molar refractivity (Wildman–Crippen MR) is 366 cm³/mol. The van der Waals surface area contributed by atoms with E-state index in [-0.39, 0.29) is 0 Å². The molecule has 0 amide bonds. The fraction of sp³-hybridized carbons (Fsp3) is 0.895. The molecule has 2 aliphatic heterocycles. The highest BCUT2D eigenvalue weighted by Gasteiger charge is 2.66. The molecule has 0 saturated carbocycles. The van der Waals surface area contributed by atoms with Crippen LogP contribution in [0.4, 0.5) is 0 Å². The third kappa shape index (κ3) is 28.4. The number of carbonyl (C=O) groups is 8. The van der Waals surface area contributed by atoms with Crippen LogP contribution in [0.15, 0.2) is 0 Å². The molecule has 2 saturated heterocycles. The van der Waals surface area contributed by atoms with Crippen LogP contribution in [0.2, 0.25) is 0 Å². The van der Waals surface area contributed by atoms with Crippen LogP contribution in [-0.4, -0.2) is 122 Å². The Labute approximate surface area is 574 Å². The Balaban J connectivity index is 3.53. The van der Waals surface area contributed by atoms with Crippen molar-refractivity contribution in [2.24, 2.45) is 47.3 Å². The van der Waals surface area contributed by atoms with Gasteiger partial charge in [0.15, 0.2) is 30.5 Å². The molecule has 0 aromatic heterocycles. The van der Waals surface area contributed by atoms with Crippen LogP contribution in [-0.2, 0) is 90.5 Å². The highest BCUT2D eigenvalue weighted by atomic mass is 16.8. The first-order valence-electron chi connectivity index (χ1n) is 38.3. The molecule has 19 nitrogen and oxygen atoms in total. The molecule has 0 radical (unpaired) electrons. The summed E-state index contributed by atoms with van der Waals surface area (Å²) in [7, 11) is 0. The van der Waals surface area contributed by atoms with E-state index < -0.39 is 170 Å². The molecule has 0 aliphatic carbocycles. The Bertz CT molecular complexity index is 2170. The van der Waals surface area contributed by atoms with Crippen molar-refractivity contribution in [1.29, 1.82) is 0 Å². The maximum absolute atomic E-state index is 15.3. The van der Waals surface area contributed by atoms with Crippen LogP contribution in [0.1, 0.15) is 316 Å². The first-order valence-corrected chi connectivity index (χ1v) is 38.3. The quantitative estimate of drug-likeness (QED) is 0.0406. The molecule has 0 N–H and O–H groups in total. The Morgan fingerprint density at radius 1 is 0.305 bits per heavy atom. The van der Waals surface area contributed by atoms with Gasteiger partial charge in [0.2, 0.25) is 12.1 Å². The smallest absolute Gasteiger partial charge is 0.309 e. The molecule has 0 spiro atoms. The van der Waals surface area contributed by atoms with E-state index in [2.05, 4.69) is 0 Å². The number of carbonyl (C=O) groups excluding carboxylic acids is 8. The fourth-order valence-corrected chi connectivity index (χ4v) is 12.7. The van der Waals surface area contributed by atoms with Crippen LogP contribution in [0.3, 0.4) is 0 Å². The number of rotatable bonds is 53. The summed E-state index contributed by atoms with van der Waals surface area (Å²) in [6, 6.07) is 0. The normalized spacial score (nSPS) is 23.6. The highest BCUT2D eigenvalue weighted by molar-refractivity contribution is 5.76. The van der Waals surface area contributed by atoms with Crippen molar-refractivity contribution in [2.75, 3.05) is 19.8 Å². The van der Waals surface area contributed by atoms with E-state index in [4.69, 9.17) is 52.1 Å². The molecule has 17 atom stereocenters. The number of esters is 8. The van der Waals surface area contributed by atoms with E-state index in [9.17, 15) is 24.0 Å². The highest BCUT2D eigenvalue weighted by Crippen LogP contribution is 2.44. The largest absolute Gasteiger partial charge is 0.463 e. The molecule has 2 heterocycles. The summed E-state index contributed by atoms with van der Waals surface area (Å²) in [4.78, 5) is 119. The second-order valence-electron chi connectivity index (χ2n) is 26.9. The average Bonchev–Trinajstić information content (AvgIpc) is 1.66. The topological polar surface area (TPSA) is 238 Å². The number of hydrogen-bond donors (Lipinski definition) is 0. The molecule has 2 fully saturated rings. The van der Waals surface area contributed by atoms with Gasteiger partial charge >= 0.3 is 47.8 Å². The number of ether oxygens (including phenoxy) is 11. The van der Waals surface area contributed by atoms with Gasteiger partial charge in [0.05, 0.1) is 47.3 Å². The van der Waals surface area contributed by atoms with Gasteiger partial charge < -0.3 is 52.1 Å². The third-order valence-electron chi connectivity index (χ3n) is 19.7. The molecule has 8 unspecified atom stereocenters. The first kappa shape index (κ1) is 86.7. The molecule has 2 aliphatic rings. The lowest BCUT2D eigenvalue weighted by molar-refractivity contribution is -0.385. The molecule has 0 aromatic rings. The van der Waals surface area contributed by atoms with E-state index in [1.165, 1.54) is 0 Å². The maximum Gasteiger partial charge on any atom is 0.309 e. The minimum Gasteiger partial charge on any atom is -0.463 e. The van der Waals surface area contributed by atoms with Crippen LogP contribution in [0, 0.1) is 47.3 Å². The summed E-state index contributed by atoms with van der Waals surface area (Å²) in [5, 5.41) is 0. The SMILES string of the molecule is CCCCC(CC)C(=O)OC[C@H]1O[C@@](COC(=O)C(CC)CCCC)(O[C@H]2O[C@H](COC(=O)C(CC)CCCC)[C@@H](OC(=O)C(CC)CCCC)[C@H](OC(=O)C(CC)CCCC)[C@H]2OC(=O)C(CC)CCCC)[C@@H](OC(=O)C(CC)CCCC)[C@@H]1OC(=O)C(CC)CCCC. The van der Waals surface area contributed by atoms with Gasteiger partial charge in [-0.2, -0.15) is 0 Å². The van der Waals surface area contributed by atoms with Crippen LogP contribution in [0.25, 0.3) is 0 Å². The Morgan fingerprint density at radius 2 is 0.568 bits per heavy atom. The monoisotopic (exact) mass is 1350 g/mol. The lowest BCUT2D eigenvalue weighted by atomic mass is 9.94. The lowest BCUT2D eigenvalue weighted by Crippen LogP contribution is -2.66. The van der Waals surface area contributed by atoms with Crippen molar-refractivity contribution < 1.29 is 90.5 Å². The zero-order valence-electron chi connectivity index (χ0n) is 62.2. The van der Waals surface area contributed by atoms with Crippen LogP contribution >= 0.6 is 0 Å². The molecule has 552 valence electrons. The fourth-order valence-electron chi connectivity index (χ4n) is 12.7. The maximum atomic E-state index is 15.3. The van der Waals surface area contributed by atoms with E-state index >= 15 is 14.4 Å². The molecule has 0 aromatic carbocycles. The van der Waals surface area contributed by atoms with E-state index in [1.54, 1.807) is 0 Å². The van der Waals surface area contributed by atoms with Crippen molar-refractivity contribution >= 4 is 47.8 Å². The van der Waals surface area contributed by atoms with Gasteiger partial charge in [-0.25, -0.2) is 0 Å². The van der Waals surface area contributed by atoms with Gasteiger partial charge in [-0.3, -0.25) is 38.4 Å². The molecular weight excluding hydrogens is 1220 g/mol. The van der Waals surface area contributed by atoms with Gasteiger partial charge in [0, 0.05) is 0 Å². The van der Waals surface area contributed by atoms with Gasteiger partial charge in [0.25, 0.3) is 0 Å². The summed E-state index contributed by atoms with van der Waals surface area (Å²) in [6.07, 6.45) is 5.16. The van der Waals surface area contributed by atoms with Gasteiger partial charge in [-0.15, -0.1) is 0 Å². The van der Waals surface area contributed by atoms with Crippen molar-refractivity contribution in [3.8, 4) is 0 Å². The van der Waals surface area contributed by atoms with Crippen molar-refractivity contribution in [2.45, 2.75) is 371 Å². The zero-order chi connectivity index (χ0) is 70.9. The molecule has 95 heavy (non-hydrogen) atoms. The minimum absolute atomic E-state index is 0.344. The molecule has 0 bridgehead atoms. The summed E-state index contributed by atoms with van der Waals surface area (Å²) >= 11 is 0. The van der Waals surface area contributed by atoms with Crippen molar-refractivity contribution in [3.05, 3.63) is 0 Å². The van der Waals surface area contributed by atoms with Crippen LogP contribution in [0.5, 0.6) is 0 Å². The number of hydrogen-bond acceptors (Lipinski definition) is 19. The lowest BCUT2D eigenvalue weighted by Gasteiger charge is -2.47. The summed E-state index contributed by atoms with van der Waals surface area (Å²) in [5.41, 5.74) is 0. The van der Waals surface area contributed by atoms with E-state index in [0.29, 0.717) is 141 Å². The second kappa shape index (κ2) is 49.2. The summed E-state index contributed by atoms with van der Waals surface area (Å²) in [5.74, 6) is -12.6. The molecule has 19 heteroatoms. The summed E-state index contributed by atoms with van der Waals surface area (Å²) < 4.78 is 74.3. The minimum atomic E-state index is -2.61. The average molecular weight is 1350 g/mol. The van der Waals surface area contributed by atoms with E-state index in [1.807, 2.05) is 111 Å². The number of unbranched alkanes of at least 4 members (excludes halogenated alkanes) is 8. The van der Waals surface area contributed by atoms with E-state index in [0.717, 1.165) is 64.2 Å². The third-order valence-corrected chi connectivity index (χ3v) is 19.7. The van der Waals surface area contributed by atoms with Crippen molar-refractivity contribution in [3.63, 3.8) is 0 Å². The molecule has 2 rings (SSSR count). The van der Waals surface area contributed by atoms with Gasteiger partial charge in [-0.1, -0.05) is 214 Å². The Kier molecular flexibility index (Phi) is 44.9. The predicted octanol–water partition coefficient (Wildman–Crippen LogP) is 16.7. The van der Waals surface area contributed by atoms with Gasteiger partial charge in [0.1, 0.15) is 32.0 Å². The van der Waals surface area contributed by atoms with Crippen LogP contribution < -0.4 is 0 Å². The van der Waals surface area contributed by atoms with Crippen molar-refractivity contribution in [1.82, 2.24) is 0 Å². The standard InChI is InChI=1S/C76H134O19/c1-17-33-41-52(25-9)67(77)85-49-60-62(89-70(80)55(28-12)44-36-20-4)64(91-72(82)57(30-14)46-38-22-6)65(92-73(83)58(31-15)47-39-23-7)75(88-60)95-76(51-87-69(79)54(27-11)43-35-19-3)66(93-74(84)59(32-16)48-40-24-8)63(90-71(81)56(29-13)45-37-21-5)61(94-76)50-86-68(78)53(26-10)42-34-18-2/h52-66,75H,17-51H2,1-16H3/t52?,53?,54?,55?,56?,57?,58?,59?,60-,61-,62-,63-,64+,65-,66+,75-,76+/m1/s1. The Morgan fingerprint density at radius 3 is 0.884 bits per heavy atom. The summed E-state index contributed by atoms with van der Waals surface area (Å²) in [6.45, 7) is 29.2.